The Morgan fingerprint density at radius 2 is 2.00 bits per heavy atom. The molecule has 0 aliphatic heterocycles. The van der Waals surface area contributed by atoms with E-state index in [9.17, 15) is 0 Å². The third kappa shape index (κ3) is 2.99. The Balaban J connectivity index is 2.12. The van der Waals surface area contributed by atoms with Crippen LogP contribution in [0.4, 0.5) is 0 Å². The Morgan fingerprint density at radius 1 is 1.22 bits per heavy atom. The minimum Gasteiger partial charge on any atom is -0.317 e. The van der Waals surface area contributed by atoms with Crippen molar-refractivity contribution in [3.05, 3.63) is 48.3 Å². The summed E-state index contributed by atoms with van der Waals surface area (Å²) in [6.45, 7) is 6.48. The van der Waals surface area contributed by atoms with Gasteiger partial charge in [0.2, 0.25) is 0 Å². The smallest absolute Gasteiger partial charge is 0.0648 e. The monoisotopic (exact) mass is 243 g/mol. The van der Waals surface area contributed by atoms with E-state index in [-0.39, 0.29) is 0 Å². The maximum Gasteiger partial charge on any atom is 0.0648 e. The van der Waals surface area contributed by atoms with E-state index in [0.29, 0.717) is 5.92 Å². The van der Waals surface area contributed by atoms with Crippen molar-refractivity contribution in [3.63, 3.8) is 0 Å². The normalized spacial score (nSPS) is 12.6. The van der Waals surface area contributed by atoms with Crippen molar-refractivity contribution in [1.82, 2.24) is 15.1 Å². The van der Waals surface area contributed by atoms with E-state index in [4.69, 9.17) is 0 Å². The molecule has 3 heteroatoms. The summed E-state index contributed by atoms with van der Waals surface area (Å²) in [6, 6.07) is 12.4. The van der Waals surface area contributed by atoms with E-state index >= 15 is 0 Å². The van der Waals surface area contributed by atoms with E-state index in [1.807, 2.05) is 29.1 Å². The van der Waals surface area contributed by atoms with E-state index < -0.39 is 0 Å². The van der Waals surface area contributed by atoms with Gasteiger partial charge in [-0.25, -0.2) is 4.68 Å². The standard InChI is InChI=1S/C15H21N3/c1-3-16-11-9-13(2)15-10-12-17-18(15)14-7-5-4-6-8-14/h4-8,10,12-13,16H,3,9,11H2,1-2H3. The van der Waals surface area contributed by atoms with Gasteiger partial charge in [-0.05, 0) is 43.6 Å². The molecule has 2 rings (SSSR count). The van der Waals surface area contributed by atoms with Gasteiger partial charge >= 0.3 is 0 Å². The minimum absolute atomic E-state index is 0.506. The fourth-order valence-electron chi connectivity index (χ4n) is 2.11. The quantitative estimate of drug-likeness (QED) is 0.790. The number of rotatable bonds is 6. The highest BCUT2D eigenvalue weighted by Gasteiger charge is 2.11. The summed E-state index contributed by atoms with van der Waals surface area (Å²) in [6.07, 6.45) is 3.01. The average Bonchev–Trinajstić information content (AvgIpc) is 2.89. The van der Waals surface area contributed by atoms with Crippen LogP contribution >= 0.6 is 0 Å². The van der Waals surface area contributed by atoms with E-state index in [1.54, 1.807) is 0 Å². The summed E-state index contributed by atoms with van der Waals surface area (Å²) >= 11 is 0. The van der Waals surface area contributed by atoms with Gasteiger partial charge in [-0.1, -0.05) is 32.0 Å². The predicted molar refractivity (Wildman–Crippen MR) is 75.1 cm³/mol. The Labute approximate surface area is 109 Å². The number of benzene rings is 1. The molecule has 18 heavy (non-hydrogen) atoms. The largest absolute Gasteiger partial charge is 0.317 e. The summed E-state index contributed by atoms with van der Waals surface area (Å²) < 4.78 is 2.04. The number of nitrogens with one attached hydrogen (secondary N) is 1. The number of hydrogen-bond acceptors (Lipinski definition) is 2. The molecule has 1 unspecified atom stereocenters. The SMILES string of the molecule is CCNCCC(C)c1ccnn1-c1ccccc1. The number of aromatic nitrogens is 2. The summed E-state index contributed by atoms with van der Waals surface area (Å²) in [5.74, 6) is 0.506. The minimum atomic E-state index is 0.506. The van der Waals surface area contributed by atoms with Crippen molar-refractivity contribution < 1.29 is 0 Å². The summed E-state index contributed by atoms with van der Waals surface area (Å²) in [5, 5.41) is 7.80. The highest BCUT2D eigenvalue weighted by atomic mass is 15.3. The molecule has 0 aliphatic carbocycles. The van der Waals surface area contributed by atoms with Crippen LogP contribution in [-0.2, 0) is 0 Å². The van der Waals surface area contributed by atoms with E-state index in [2.05, 4.69) is 42.5 Å². The van der Waals surface area contributed by atoms with Crippen LogP contribution in [0.1, 0.15) is 31.9 Å². The molecule has 1 atom stereocenters. The third-order valence-corrected chi connectivity index (χ3v) is 3.18. The number of nitrogens with zero attached hydrogens (tertiary/aromatic N) is 2. The first-order valence-corrected chi connectivity index (χ1v) is 6.63. The summed E-state index contributed by atoms with van der Waals surface area (Å²) in [7, 11) is 0. The van der Waals surface area contributed by atoms with Crippen molar-refractivity contribution in [1.29, 1.82) is 0 Å². The van der Waals surface area contributed by atoms with Crippen LogP contribution in [0, 0.1) is 0 Å². The Morgan fingerprint density at radius 3 is 2.72 bits per heavy atom. The molecular formula is C15H21N3. The van der Waals surface area contributed by atoms with Gasteiger partial charge < -0.3 is 5.32 Å². The fraction of sp³-hybridized carbons (Fsp3) is 0.400. The molecule has 3 nitrogen and oxygen atoms in total. The van der Waals surface area contributed by atoms with Crippen molar-refractivity contribution >= 4 is 0 Å². The molecule has 0 amide bonds. The van der Waals surface area contributed by atoms with Crippen LogP contribution in [0.3, 0.4) is 0 Å². The molecule has 1 heterocycles. The van der Waals surface area contributed by atoms with Gasteiger partial charge in [-0.2, -0.15) is 5.10 Å². The molecule has 0 aliphatic rings. The lowest BCUT2D eigenvalue weighted by atomic mass is 10.0. The highest BCUT2D eigenvalue weighted by Crippen LogP contribution is 2.21. The van der Waals surface area contributed by atoms with Gasteiger partial charge in [0.15, 0.2) is 0 Å². The van der Waals surface area contributed by atoms with Crippen LogP contribution in [0.25, 0.3) is 5.69 Å². The molecule has 0 bridgehead atoms. The van der Waals surface area contributed by atoms with Crippen molar-refractivity contribution in [2.75, 3.05) is 13.1 Å². The van der Waals surface area contributed by atoms with Crippen LogP contribution in [0.2, 0.25) is 0 Å². The lowest BCUT2D eigenvalue weighted by molar-refractivity contribution is 0.584. The molecule has 0 saturated heterocycles. The highest BCUT2D eigenvalue weighted by molar-refractivity contribution is 5.33. The number of hydrogen-bond donors (Lipinski definition) is 1. The Hall–Kier alpha value is -1.61. The van der Waals surface area contributed by atoms with Gasteiger partial charge in [0.1, 0.15) is 0 Å². The zero-order valence-corrected chi connectivity index (χ0v) is 11.1. The molecule has 96 valence electrons. The van der Waals surface area contributed by atoms with Crippen LogP contribution in [0.5, 0.6) is 0 Å². The van der Waals surface area contributed by atoms with Crippen molar-refractivity contribution in [3.8, 4) is 5.69 Å². The van der Waals surface area contributed by atoms with E-state index in [0.717, 1.165) is 25.2 Å². The van der Waals surface area contributed by atoms with Crippen LogP contribution in [0.15, 0.2) is 42.6 Å². The summed E-state index contributed by atoms with van der Waals surface area (Å²) in [5.41, 5.74) is 2.41. The third-order valence-electron chi connectivity index (χ3n) is 3.18. The molecule has 0 saturated carbocycles. The van der Waals surface area contributed by atoms with Crippen LogP contribution < -0.4 is 5.32 Å². The maximum atomic E-state index is 4.43. The van der Waals surface area contributed by atoms with Gasteiger partial charge in [0.25, 0.3) is 0 Å². The van der Waals surface area contributed by atoms with Crippen molar-refractivity contribution in [2.45, 2.75) is 26.2 Å². The molecule has 1 aromatic carbocycles. The maximum absolute atomic E-state index is 4.43. The van der Waals surface area contributed by atoms with Crippen molar-refractivity contribution in [2.24, 2.45) is 0 Å². The van der Waals surface area contributed by atoms with E-state index in [1.165, 1.54) is 5.69 Å². The zero-order valence-electron chi connectivity index (χ0n) is 11.1. The number of para-hydroxylation sites is 1. The van der Waals surface area contributed by atoms with Gasteiger partial charge in [0, 0.05) is 11.9 Å². The van der Waals surface area contributed by atoms with Gasteiger partial charge in [0.05, 0.1) is 5.69 Å². The molecule has 2 aromatic rings. The zero-order chi connectivity index (χ0) is 12.8. The first kappa shape index (κ1) is 12.8. The fourth-order valence-corrected chi connectivity index (χ4v) is 2.11. The molecular weight excluding hydrogens is 222 g/mol. The molecule has 1 aromatic heterocycles. The summed E-state index contributed by atoms with van der Waals surface area (Å²) in [4.78, 5) is 0. The molecule has 0 fully saturated rings. The second-order valence-electron chi connectivity index (χ2n) is 4.55. The van der Waals surface area contributed by atoms with Crippen LogP contribution in [-0.4, -0.2) is 22.9 Å². The first-order chi connectivity index (χ1) is 8.83. The first-order valence-electron chi connectivity index (χ1n) is 6.63. The molecule has 0 radical (unpaired) electrons. The van der Waals surface area contributed by atoms with Gasteiger partial charge in [-0.15, -0.1) is 0 Å². The predicted octanol–water partition coefficient (Wildman–Crippen LogP) is 2.98. The second-order valence-corrected chi connectivity index (χ2v) is 4.55. The topological polar surface area (TPSA) is 29.9 Å². The molecule has 0 spiro atoms. The van der Waals surface area contributed by atoms with Gasteiger partial charge in [-0.3, -0.25) is 0 Å². The Kier molecular flexibility index (Phi) is 4.53. The Bertz CT molecular complexity index is 462. The second kappa shape index (κ2) is 6.36. The molecule has 1 N–H and O–H groups in total. The lowest BCUT2D eigenvalue weighted by Gasteiger charge is -2.14. The average molecular weight is 243 g/mol. The lowest BCUT2D eigenvalue weighted by Crippen LogP contribution is -2.17.